The van der Waals surface area contributed by atoms with E-state index in [1.165, 1.54) is 0 Å². The molecule has 0 radical (unpaired) electrons. The molecule has 0 fully saturated rings. The second-order valence-corrected chi connectivity index (χ2v) is 18.2. The zero-order valence-electron chi connectivity index (χ0n) is 18.8. The van der Waals surface area contributed by atoms with Gasteiger partial charge in [0.15, 0.2) is 0 Å². The molecule has 0 atom stereocenters. The van der Waals surface area contributed by atoms with E-state index in [0.29, 0.717) is 12.5 Å². The largest absolute Gasteiger partial charge is 0.465 e. The van der Waals surface area contributed by atoms with Gasteiger partial charge in [-0.05, 0) is 35.9 Å². The standard InChI is InChI=1S/C21H42O3Si/c1-18(2,3)17(23)24-14-13-16(22)15-25(19(4,5)6,20(7,8)9)21(10,11)12/h13-15H2,1-12H3. The lowest BCUT2D eigenvalue weighted by Gasteiger charge is -2.59. The first kappa shape index (κ1) is 24.4. The zero-order chi connectivity index (χ0) is 20.5. The van der Waals surface area contributed by atoms with E-state index in [-0.39, 0.29) is 33.5 Å². The second kappa shape index (κ2) is 7.54. The summed E-state index contributed by atoms with van der Waals surface area (Å²) >= 11 is 0. The van der Waals surface area contributed by atoms with E-state index >= 15 is 0 Å². The molecule has 0 amide bonds. The maximum absolute atomic E-state index is 12.9. The molecule has 0 aliphatic heterocycles. The summed E-state index contributed by atoms with van der Waals surface area (Å²) in [4.78, 5) is 24.8. The number of esters is 1. The molecule has 0 bridgehead atoms. The molecule has 0 aliphatic carbocycles. The lowest BCUT2D eigenvalue weighted by atomic mass is 9.97. The number of carbonyl (C=O) groups excluding carboxylic acids is 2. The smallest absolute Gasteiger partial charge is 0.311 e. The van der Waals surface area contributed by atoms with Crippen molar-refractivity contribution in [3.05, 3.63) is 0 Å². The van der Waals surface area contributed by atoms with Gasteiger partial charge in [0, 0.05) is 12.5 Å². The van der Waals surface area contributed by atoms with E-state index in [1.54, 1.807) is 0 Å². The van der Waals surface area contributed by atoms with Gasteiger partial charge in [-0.3, -0.25) is 9.59 Å². The van der Waals surface area contributed by atoms with E-state index in [4.69, 9.17) is 4.74 Å². The molecule has 0 aromatic rings. The summed E-state index contributed by atoms with van der Waals surface area (Å²) in [5.41, 5.74) is -0.524. The van der Waals surface area contributed by atoms with Gasteiger partial charge in [0.05, 0.1) is 20.1 Å². The van der Waals surface area contributed by atoms with Crippen molar-refractivity contribution in [2.24, 2.45) is 5.41 Å². The van der Waals surface area contributed by atoms with Crippen molar-refractivity contribution in [2.75, 3.05) is 6.61 Å². The Balaban J connectivity index is 5.37. The minimum absolute atomic E-state index is 0.0985. The molecule has 3 nitrogen and oxygen atoms in total. The summed E-state index contributed by atoms with van der Waals surface area (Å²) in [6.45, 7) is 26.3. The van der Waals surface area contributed by atoms with E-state index in [1.807, 2.05) is 20.8 Å². The molecule has 0 aromatic carbocycles. The average molecular weight is 371 g/mol. The van der Waals surface area contributed by atoms with Crippen LogP contribution in [0, 0.1) is 5.41 Å². The fourth-order valence-corrected chi connectivity index (χ4v) is 14.1. The van der Waals surface area contributed by atoms with Crippen molar-refractivity contribution in [3.8, 4) is 0 Å². The van der Waals surface area contributed by atoms with Crippen molar-refractivity contribution < 1.29 is 14.3 Å². The highest BCUT2D eigenvalue weighted by atomic mass is 28.3. The summed E-state index contributed by atoms with van der Waals surface area (Å²) in [6, 6.07) is 0.635. The number of ether oxygens (including phenoxy) is 1. The van der Waals surface area contributed by atoms with Crippen LogP contribution < -0.4 is 0 Å². The molecule has 25 heavy (non-hydrogen) atoms. The van der Waals surface area contributed by atoms with Gasteiger partial charge >= 0.3 is 5.97 Å². The number of ketones is 1. The van der Waals surface area contributed by atoms with Crippen LogP contribution >= 0.6 is 0 Å². The van der Waals surface area contributed by atoms with E-state index in [9.17, 15) is 9.59 Å². The Morgan fingerprint density at radius 3 is 1.36 bits per heavy atom. The zero-order valence-corrected chi connectivity index (χ0v) is 19.8. The quantitative estimate of drug-likeness (QED) is 0.416. The number of carbonyl (C=O) groups is 2. The van der Waals surface area contributed by atoms with Gasteiger partial charge in [0.2, 0.25) is 0 Å². The van der Waals surface area contributed by atoms with Crippen molar-refractivity contribution >= 4 is 19.8 Å². The predicted octanol–water partition coefficient (Wildman–Crippen LogP) is 6.38. The molecule has 0 rings (SSSR count). The van der Waals surface area contributed by atoms with Crippen molar-refractivity contribution in [2.45, 2.75) is 111 Å². The fourth-order valence-electron chi connectivity index (χ4n) is 5.03. The molecular weight excluding hydrogens is 328 g/mol. The van der Waals surface area contributed by atoms with Crippen LogP contribution in [0.15, 0.2) is 0 Å². The van der Waals surface area contributed by atoms with Gasteiger partial charge in [-0.25, -0.2) is 0 Å². The van der Waals surface area contributed by atoms with Crippen LogP contribution in [-0.4, -0.2) is 26.4 Å². The normalized spacial score (nSPS) is 14.4. The topological polar surface area (TPSA) is 43.4 Å². The molecule has 148 valence electrons. The predicted molar refractivity (Wildman–Crippen MR) is 110 cm³/mol. The first-order valence-electron chi connectivity index (χ1n) is 9.46. The van der Waals surface area contributed by atoms with E-state index < -0.39 is 13.5 Å². The Kier molecular flexibility index (Phi) is 7.34. The Hall–Kier alpha value is -0.643. The van der Waals surface area contributed by atoms with Crippen LogP contribution in [0.5, 0.6) is 0 Å². The monoisotopic (exact) mass is 370 g/mol. The average Bonchev–Trinajstić information content (AvgIpc) is 2.29. The summed E-state index contributed by atoms with van der Waals surface area (Å²) < 4.78 is 5.30. The molecule has 0 unspecified atom stereocenters. The maximum atomic E-state index is 12.9. The SMILES string of the molecule is CC(C)(C)C(=O)OCCC(=O)C[Si](C(C)(C)C)(C(C)(C)C)C(C)(C)C. The second-order valence-electron chi connectivity index (χ2n) is 11.5. The molecule has 0 N–H and O–H groups in total. The summed E-state index contributed by atoms with van der Waals surface area (Å²) in [5.74, 6) is -0.0144. The first-order valence-corrected chi connectivity index (χ1v) is 11.7. The minimum Gasteiger partial charge on any atom is -0.465 e. The van der Waals surface area contributed by atoms with Crippen LogP contribution in [0.1, 0.15) is 89.5 Å². The van der Waals surface area contributed by atoms with Crippen LogP contribution in [0.25, 0.3) is 0 Å². The summed E-state index contributed by atoms with van der Waals surface area (Å²) in [5, 5.41) is 0.295. The Morgan fingerprint density at radius 1 is 0.720 bits per heavy atom. The Bertz CT molecular complexity index is 443. The third-order valence-corrected chi connectivity index (χ3v) is 14.1. The van der Waals surface area contributed by atoms with Gasteiger partial charge in [-0.15, -0.1) is 0 Å². The highest BCUT2D eigenvalue weighted by Gasteiger charge is 2.59. The highest BCUT2D eigenvalue weighted by Crippen LogP contribution is 2.63. The van der Waals surface area contributed by atoms with Crippen LogP contribution in [0.4, 0.5) is 0 Å². The van der Waals surface area contributed by atoms with Crippen LogP contribution in [0.3, 0.4) is 0 Å². The van der Waals surface area contributed by atoms with Gasteiger partial charge < -0.3 is 4.74 Å². The van der Waals surface area contributed by atoms with Crippen molar-refractivity contribution in [3.63, 3.8) is 0 Å². The third kappa shape index (κ3) is 5.67. The molecule has 0 saturated heterocycles. The van der Waals surface area contributed by atoms with E-state index in [0.717, 1.165) is 0 Å². The molecule has 4 heteroatoms. The van der Waals surface area contributed by atoms with Gasteiger partial charge in [-0.2, -0.15) is 0 Å². The van der Waals surface area contributed by atoms with Crippen LogP contribution in [-0.2, 0) is 14.3 Å². The summed E-state index contributed by atoms with van der Waals surface area (Å²) in [7, 11) is -2.07. The molecule has 0 aliphatic rings. The Morgan fingerprint density at radius 2 is 1.08 bits per heavy atom. The summed E-state index contributed by atoms with van der Waals surface area (Å²) in [6.07, 6.45) is 0.318. The molecule has 0 spiro atoms. The number of Topliss-reactive ketones (excluding diaryl/α,β-unsaturated/α-hetero) is 1. The molecule has 0 aromatic heterocycles. The fraction of sp³-hybridized carbons (Fsp3) is 0.905. The number of rotatable bonds is 5. The van der Waals surface area contributed by atoms with Crippen molar-refractivity contribution in [1.29, 1.82) is 0 Å². The van der Waals surface area contributed by atoms with E-state index in [2.05, 4.69) is 62.3 Å². The molecular formula is C21H42O3Si. The van der Waals surface area contributed by atoms with Gasteiger partial charge in [-0.1, -0.05) is 62.3 Å². The van der Waals surface area contributed by atoms with Gasteiger partial charge in [0.25, 0.3) is 0 Å². The highest BCUT2D eigenvalue weighted by molar-refractivity contribution is 6.89. The van der Waals surface area contributed by atoms with Crippen LogP contribution in [0.2, 0.25) is 21.2 Å². The lowest BCUT2D eigenvalue weighted by Crippen LogP contribution is -2.59. The number of hydrogen-bond acceptors (Lipinski definition) is 3. The minimum atomic E-state index is -2.07. The molecule has 0 heterocycles. The van der Waals surface area contributed by atoms with Crippen molar-refractivity contribution in [1.82, 2.24) is 0 Å². The maximum Gasteiger partial charge on any atom is 0.311 e. The first-order chi connectivity index (χ1) is 10.8. The Labute approximate surface area is 157 Å². The number of hydrogen-bond donors (Lipinski definition) is 0. The third-order valence-electron chi connectivity index (χ3n) is 5.53. The molecule has 0 saturated carbocycles. The lowest BCUT2D eigenvalue weighted by molar-refractivity contribution is -0.153. The van der Waals surface area contributed by atoms with Gasteiger partial charge in [0.1, 0.15) is 5.78 Å².